The molecule has 156 valence electrons. The van der Waals surface area contributed by atoms with E-state index in [1.165, 1.54) is 24.3 Å². The van der Waals surface area contributed by atoms with Crippen LogP contribution >= 0.6 is 11.3 Å². The Morgan fingerprint density at radius 3 is 2.43 bits per heavy atom. The van der Waals surface area contributed by atoms with Gasteiger partial charge in [0.25, 0.3) is 0 Å². The molecule has 0 unspecified atom stereocenters. The van der Waals surface area contributed by atoms with E-state index in [-0.39, 0.29) is 29.4 Å². The van der Waals surface area contributed by atoms with E-state index < -0.39 is 29.3 Å². The first-order chi connectivity index (χ1) is 14.4. The largest absolute Gasteiger partial charge is 0.462 e. The maximum Gasteiger partial charge on any atom is 0.341 e. The van der Waals surface area contributed by atoms with Crippen LogP contribution in [0.15, 0.2) is 47.8 Å². The Kier molecular flexibility index (Phi) is 6.73. The van der Waals surface area contributed by atoms with E-state index in [1.807, 2.05) is 0 Å². The second-order valence-electron chi connectivity index (χ2n) is 6.11. The van der Waals surface area contributed by atoms with Gasteiger partial charge >= 0.3 is 5.97 Å². The minimum atomic E-state index is -0.703. The summed E-state index contributed by atoms with van der Waals surface area (Å²) in [4.78, 5) is 24.8. The first kappa shape index (κ1) is 21.4. The lowest BCUT2D eigenvalue weighted by molar-refractivity contribution is -0.114. The van der Waals surface area contributed by atoms with Gasteiger partial charge in [-0.05, 0) is 42.8 Å². The third-order valence-electron chi connectivity index (χ3n) is 4.05. The van der Waals surface area contributed by atoms with Crippen molar-refractivity contribution >= 4 is 33.9 Å². The van der Waals surface area contributed by atoms with E-state index in [4.69, 9.17) is 4.74 Å². The Morgan fingerprint density at radius 2 is 1.73 bits per heavy atom. The molecule has 0 saturated carbocycles. The van der Waals surface area contributed by atoms with Gasteiger partial charge in [0.05, 0.1) is 18.8 Å². The summed E-state index contributed by atoms with van der Waals surface area (Å²) < 4.78 is 45.2. The molecule has 2 aromatic carbocycles. The van der Waals surface area contributed by atoms with Crippen molar-refractivity contribution < 1.29 is 27.5 Å². The van der Waals surface area contributed by atoms with E-state index in [1.54, 1.807) is 12.3 Å². The number of anilines is 2. The summed E-state index contributed by atoms with van der Waals surface area (Å²) in [5.74, 6) is -2.98. The van der Waals surface area contributed by atoms with Crippen LogP contribution in [-0.4, -0.2) is 25.0 Å². The number of esters is 1. The summed E-state index contributed by atoms with van der Waals surface area (Å²) in [6.07, 6.45) is 0. The predicted molar refractivity (Wildman–Crippen MR) is 109 cm³/mol. The van der Waals surface area contributed by atoms with Gasteiger partial charge in [0.1, 0.15) is 28.0 Å². The molecule has 0 saturated heterocycles. The average molecular weight is 434 g/mol. The third kappa shape index (κ3) is 4.98. The predicted octanol–water partition coefficient (Wildman–Crippen LogP) is 5.06. The smallest absolute Gasteiger partial charge is 0.341 e. The van der Waals surface area contributed by atoms with Crippen molar-refractivity contribution in [2.45, 2.75) is 6.92 Å². The summed E-state index contributed by atoms with van der Waals surface area (Å²) in [6.45, 7) is 1.43. The molecule has 9 heteroatoms. The van der Waals surface area contributed by atoms with E-state index in [0.717, 1.165) is 29.5 Å². The molecule has 0 bridgehead atoms. The number of ether oxygens (including phenoxy) is 1. The highest BCUT2D eigenvalue weighted by molar-refractivity contribution is 7.15. The zero-order chi connectivity index (χ0) is 21.7. The number of halogens is 3. The quantitative estimate of drug-likeness (QED) is 0.510. The number of hydrogen-bond acceptors (Lipinski definition) is 5. The van der Waals surface area contributed by atoms with Crippen molar-refractivity contribution in [3.8, 4) is 11.1 Å². The molecule has 0 fully saturated rings. The molecule has 0 aliphatic carbocycles. The summed E-state index contributed by atoms with van der Waals surface area (Å²) >= 11 is 1.10. The van der Waals surface area contributed by atoms with Gasteiger partial charge in [0.15, 0.2) is 0 Å². The molecule has 3 rings (SSSR count). The van der Waals surface area contributed by atoms with Crippen molar-refractivity contribution in [1.29, 1.82) is 0 Å². The van der Waals surface area contributed by atoms with Crippen molar-refractivity contribution in [2.75, 3.05) is 23.8 Å². The molecule has 0 atom stereocenters. The van der Waals surface area contributed by atoms with E-state index >= 15 is 0 Å². The molecule has 0 radical (unpaired) electrons. The van der Waals surface area contributed by atoms with Crippen molar-refractivity contribution in [3.05, 3.63) is 70.9 Å². The number of thiophene rings is 1. The number of hydrogen-bond donors (Lipinski definition) is 2. The Labute approximate surface area is 174 Å². The standard InChI is InChI=1S/C21H17F3N2O3S/c1-2-29-21(28)19-15(12-3-5-13(22)6-4-12)11-30-20(19)26-18(27)10-25-17-9-14(23)7-8-16(17)24/h3-9,11,25H,2,10H2,1H3,(H,26,27). The van der Waals surface area contributed by atoms with Crippen molar-refractivity contribution in [3.63, 3.8) is 0 Å². The second kappa shape index (κ2) is 9.45. The van der Waals surface area contributed by atoms with Gasteiger partial charge in [-0.25, -0.2) is 18.0 Å². The molecular formula is C21H17F3N2O3S. The van der Waals surface area contributed by atoms with Crippen LogP contribution in [0, 0.1) is 17.5 Å². The Morgan fingerprint density at radius 1 is 1.03 bits per heavy atom. The van der Waals surface area contributed by atoms with Crippen LogP contribution in [0.5, 0.6) is 0 Å². The number of rotatable bonds is 7. The van der Waals surface area contributed by atoms with Crippen LogP contribution in [0.2, 0.25) is 0 Å². The molecule has 1 aromatic heterocycles. The summed E-state index contributed by atoms with van der Waals surface area (Å²) in [6, 6.07) is 8.40. The Hall–Kier alpha value is -3.33. The lowest BCUT2D eigenvalue weighted by Crippen LogP contribution is -2.23. The zero-order valence-corrected chi connectivity index (χ0v) is 16.6. The zero-order valence-electron chi connectivity index (χ0n) is 15.8. The molecule has 1 amide bonds. The second-order valence-corrected chi connectivity index (χ2v) is 6.99. The summed E-state index contributed by atoms with van der Waals surface area (Å²) in [5, 5.41) is 6.98. The highest BCUT2D eigenvalue weighted by Gasteiger charge is 2.23. The van der Waals surface area contributed by atoms with Crippen LogP contribution in [-0.2, 0) is 9.53 Å². The SMILES string of the molecule is CCOC(=O)c1c(-c2ccc(F)cc2)csc1NC(=O)CNc1cc(F)ccc1F. The number of nitrogens with one attached hydrogen (secondary N) is 2. The van der Waals surface area contributed by atoms with Gasteiger partial charge in [0, 0.05) is 10.9 Å². The molecular weight excluding hydrogens is 417 g/mol. The minimum absolute atomic E-state index is 0.130. The van der Waals surface area contributed by atoms with Gasteiger partial charge in [-0.2, -0.15) is 0 Å². The highest BCUT2D eigenvalue weighted by Crippen LogP contribution is 2.36. The summed E-state index contributed by atoms with van der Waals surface area (Å²) in [5.41, 5.74) is 1.04. The molecule has 3 aromatic rings. The van der Waals surface area contributed by atoms with E-state index in [9.17, 15) is 22.8 Å². The topological polar surface area (TPSA) is 67.4 Å². The molecule has 0 spiro atoms. The number of carbonyl (C=O) groups is 2. The normalized spacial score (nSPS) is 10.5. The molecule has 30 heavy (non-hydrogen) atoms. The number of amides is 1. The van der Waals surface area contributed by atoms with Crippen molar-refractivity contribution in [1.82, 2.24) is 0 Å². The van der Waals surface area contributed by atoms with Gasteiger partial charge in [-0.1, -0.05) is 12.1 Å². The van der Waals surface area contributed by atoms with Gasteiger partial charge in [-0.15, -0.1) is 11.3 Å². The number of carbonyl (C=O) groups excluding carboxylic acids is 2. The summed E-state index contributed by atoms with van der Waals surface area (Å²) in [7, 11) is 0. The van der Waals surface area contributed by atoms with Gasteiger partial charge in [-0.3, -0.25) is 4.79 Å². The monoisotopic (exact) mass is 434 g/mol. The third-order valence-corrected chi connectivity index (χ3v) is 4.94. The van der Waals surface area contributed by atoms with E-state index in [2.05, 4.69) is 10.6 Å². The first-order valence-corrected chi connectivity index (χ1v) is 9.80. The van der Waals surface area contributed by atoms with Crippen LogP contribution in [0.3, 0.4) is 0 Å². The van der Waals surface area contributed by atoms with Crippen molar-refractivity contribution in [2.24, 2.45) is 0 Å². The van der Waals surface area contributed by atoms with Gasteiger partial charge in [0.2, 0.25) is 5.91 Å². The highest BCUT2D eigenvalue weighted by atomic mass is 32.1. The Bertz CT molecular complexity index is 1070. The average Bonchev–Trinajstić information content (AvgIpc) is 3.13. The fourth-order valence-corrected chi connectivity index (χ4v) is 3.65. The van der Waals surface area contributed by atoms with Crippen LogP contribution in [0.4, 0.5) is 23.9 Å². The lowest BCUT2D eigenvalue weighted by Gasteiger charge is -2.10. The van der Waals surface area contributed by atoms with Crippen LogP contribution in [0.1, 0.15) is 17.3 Å². The minimum Gasteiger partial charge on any atom is -0.462 e. The first-order valence-electron chi connectivity index (χ1n) is 8.92. The molecule has 5 nitrogen and oxygen atoms in total. The molecule has 0 aliphatic heterocycles. The van der Waals surface area contributed by atoms with E-state index in [0.29, 0.717) is 11.1 Å². The maximum atomic E-state index is 13.7. The maximum absolute atomic E-state index is 13.7. The lowest BCUT2D eigenvalue weighted by atomic mass is 10.0. The Balaban J connectivity index is 1.80. The molecule has 1 heterocycles. The van der Waals surface area contributed by atoms with Gasteiger partial charge < -0.3 is 15.4 Å². The fraction of sp³-hybridized carbons (Fsp3) is 0.143. The fourth-order valence-electron chi connectivity index (χ4n) is 2.68. The number of benzene rings is 2. The molecule has 2 N–H and O–H groups in total. The molecule has 0 aliphatic rings. The van der Waals surface area contributed by atoms with Crippen LogP contribution < -0.4 is 10.6 Å². The van der Waals surface area contributed by atoms with Crippen LogP contribution in [0.25, 0.3) is 11.1 Å².